The molecule has 3 rings (SSSR count). The zero-order valence-electron chi connectivity index (χ0n) is 13.9. The van der Waals surface area contributed by atoms with Crippen molar-refractivity contribution in [2.24, 2.45) is 0 Å². The number of nitro benzene ring substituents is 1. The van der Waals surface area contributed by atoms with Crippen LogP contribution in [0.25, 0.3) is 0 Å². The average molecular weight is 360 g/mol. The van der Waals surface area contributed by atoms with Gasteiger partial charge in [0.15, 0.2) is 0 Å². The number of hydrogen-bond acceptors (Lipinski definition) is 4. The van der Waals surface area contributed by atoms with E-state index in [-0.39, 0.29) is 17.1 Å². The Balaban J connectivity index is 2.11. The number of nitro groups is 1. The molecule has 1 aliphatic rings. The van der Waals surface area contributed by atoms with Crippen molar-refractivity contribution >= 4 is 29.0 Å². The third kappa shape index (κ3) is 3.24. The maximum Gasteiger partial charge on any atom is 0.282 e. The lowest BCUT2D eigenvalue weighted by Gasteiger charge is -2.31. The summed E-state index contributed by atoms with van der Waals surface area (Å²) in [5.74, 6) is -0.751. The van der Waals surface area contributed by atoms with Crippen LogP contribution in [-0.2, 0) is 6.42 Å². The number of amides is 1. The molecule has 0 fully saturated rings. The first kappa shape index (κ1) is 17.4. The van der Waals surface area contributed by atoms with Crippen molar-refractivity contribution in [3.8, 4) is 0 Å². The molecule has 0 bridgehead atoms. The number of nitrogens with zero attached hydrogens (tertiary/aromatic N) is 2. The summed E-state index contributed by atoms with van der Waals surface area (Å²) in [7, 11) is 0. The number of carbonyl (C=O) groups excluding carboxylic acids is 1. The molecule has 130 valence electrons. The Kier molecular flexibility index (Phi) is 4.76. The molecule has 1 heterocycles. The van der Waals surface area contributed by atoms with Crippen LogP contribution in [-0.4, -0.2) is 23.6 Å². The van der Waals surface area contributed by atoms with Crippen LogP contribution in [0, 0.1) is 22.9 Å². The molecule has 0 spiro atoms. The van der Waals surface area contributed by atoms with E-state index in [1.165, 1.54) is 30.0 Å². The number of halogens is 1. The number of thioether (sulfide) groups is 1. The Bertz CT molecular complexity index is 870. The highest BCUT2D eigenvalue weighted by atomic mass is 32.2. The molecule has 25 heavy (non-hydrogen) atoms. The molecule has 2 aromatic rings. The van der Waals surface area contributed by atoms with Gasteiger partial charge in [0.25, 0.3) is 11.6 Å². The van der Waals surface area contributed by atoms with E-state index in [0.717, 1.165) is 10.5 Å². The molecule has 0 unspecified atom stereocenters. The van der Waals surface area contributed by atoms with Gasteiger partial charge < -0.3 is 4.90 Å². The number of anilines is 1. The van der Waals surface area contributed by atoms with Crippen molar-refractivity contribution in [1.29, 1.82) is 0 Å². The third-order valence-corrected chi connectivity index (χ3v) is 5.04. The van der Waals surface area contributed by atoms with E-state index >= 15 is 0 Å². The Hall–Kier alpha value is -2.41. The van der Waals surface area contributed by atoms with Gasteiger partial charge in [-0.3, -0.25) is 14.9 Å². The standard InChI is InChI=1S/C18H17FN2O3S/c1-11-8-13(19)9-12-4-3-7-20(17(11)12)18(22)15-10-14(25-2)5-6-16(15)21(23)24/h5-6,8-10H,3-4,7H2,1-2H3. The molecule has 0 aliphatic carbocycles. The fraction of sp³-hybridized carbons (Fsp3) is 0.278. The number of fused-ring (bicyclic) bond motifs is 1. The van der Waals surface area contributed by atoms with Crippen molar-refractivity contribution < 1.29 is 14.1 Å². The number of benzene rings is 2. The normalized spacial score (nSPS) is 13.5. The molecule has 2 aromatic carbocycles. The maximum absolute atomic E-state index is 13.7. The summed E-state index contributed by atoms with van der Waals surface area (Å²) >= 11 is 1.42. The fourth-order valence-corrected chi connectivity index (χ4v) is 3.68. The van der Waals surface area contributed by atoms with Gasteiger partial charge in [-0.15, -0.1) is 11.8 Å². The highest BCUT2D eigenvalue weighted by Gasteiger charge is 2.30. The van der Waals surface area contributed by atoms with E-state index in [1.807, 2.05) is 6.26 Å². The lowest BCUT2D eigenvalue weighted by atomic mass is 9.97. The second-order valence-corrected chi connectivity index (χ2v) is 6.81. The third-order valence-electron chi connectivity index (χ3n) is 4.32. The summed E-state index contributed by atoms with van der Waals surface area (Å²) in [6.45, 7) is 2.21. The monoisotopic (exact) mass is 360 g/mol. The van der Waals surface area contributed by atoms with Gasteiger partial charge in [-0.1, -0.05) is 0 Å². The largest absolute Gasteiger partial charge is 0.308 e. The van der Waals surface area contributed by atoms with Crippen LogP contribution >= 0.6 is 11.8 Å². The van der Waals surface area contributed by atoms with E-state index in [4.69, 9.17) is 0 Å². The number of rotatable bonds is 3. The summed E-state index contributed by atoms with van der Waals surface area (Å²) in [5.41, 5.74) is 1.94. The average Bonchev–Trinajstić information content (AvgIpc) is 2.59. The summed E-state index contributed by atoms with van der Waals surface area (Å²) in [5, 5.41) is 11.3. The van der Waals surface area contributed by atoms with E-state index in [2.05, 4.69) is 0 Å². The highest BCUT2D eigenvalue weighted by molar-refractivity contribution is 7.98. The zero-order valence-corrected chi connectivity index (χ0v) is 14.7. The van der Waals surface area contributed by atoms with Crippen LogP contribution in [0.5, 0.6) is 0 Å². The van der Waals surface area contributed by atoms with Gasteiger partial charge in [-0.05, 0) is 61.4 Å². The lowest BCUT2D eigenvalue weighted by molar-refractivity contribution is -0.385. The maximum atomic E-state index is 13.7. The van der Waals surface area contributed by atoms with E-state index < -0.39 is 10.8 Å². The van der Waals surface area contributed by atoms with E-state index in [1.54, 1.807) is 24.0 Å². The van der Waals surface area contributed by atoms with Gasteiger partial charge in [-0.25, -0.2) is 4.39 Å². The lowest BCUT2D eigenvalue weighted by Crippen LogP contribution is -2.36. The first-order chi connectivity index (χ1) is 11.9. The zero-order chi connectivity index (χ0) is 18.1. The molecule has 7 heteroatoms. The Morgan fingerprint density at radius 1 is 1.32 bits per heavy atom. The highest BCUT2D eigenvalue weighted by Crippen LogP contribution is 2.34. The van der Waals surface area contributed by atoms with Gasteiger partial charge in [0, 0.05) is 17.5 Å². The van der Waals surface area contributed by atoms with Crippen LogP contribution in [0.3, 0.4) is 0 Å². The second-order valence-electron chi connectivity index (χ2n) is 5.93. The summed E-state index contributed by atoms with van der Waals surface area (Å²) in [4.78, 5) is 26.2. The number of carbonyl (C=O) groups is 1. The van der Waals surface area contributed by atoms with Crippen molar-refractivity contribution in [2.45, 2.75) is 24.7 Å². The minimum Gasteiger partial charge on any atom is -0.308 e. The van der Waals surface area contributed by atoms with Gasteiger partial charge in [0.05, 0.1) is 10.6 Å². The number of aryl methyl sites for hydroxylation is 2. The minimum absolute atomic E-state index is 0.0634. The van der Waals surface area contributed by atoms with Gasteiger partial charge >= 0.3 is 0 Å². The van der Waals surface area contributed by atoms with Crippen molar-refractivity contribution in [1.82, 2.24) is 0 Å². The van der Waals surface area contributed by atoms with Gasteiger partial charge in [-0.2, -0.15) is 0 Å². The first-order valence-corrected chi connectivity index (χ1v) is 9.08. The molecular formula is C18H17FN2O3S. The molecule has 0 saturated carbocycles. The SMILES string of the molecule is CSc1ccc([N+](=O)[O-])c(C(=O)N2CCCc3cc(F)cc(C)c32)c1. The van der Waals surface area contributed by atoms with E-state index in [9.17, 15) is 19.3 Å². The van der Waals surface area contributed by atoms with Crippen molar-refractivity contribution in [3.05, 3.63) is 63.0 Å². The summed E-state index contributed by atoms with van der Waals surface area (Å²) in [6, 6.07) is 7.37. The van der Waals surface area contributed by atoms with Gasteiger partial charge in [0.2, 0.25) is 0 Å². The van der Waals surface area contributed by atoms with Crippen molar-refractivity contribution in [3.63, 3.8) is 0 Å². The number of hydrogen-bond donors (Lipinski definition) is 0. The first-order valence-electron chi connectivity index (χ1n) is 7.85. The van der Waals surface area contributed by atoms with Gasteiger partial charge in [0.1, 0.15) is 11.4 Å². The molecule has 1 amide bonds. The minimum atomic E-state index is -0.542. The molecule has 1 aliphatic heterocycles. The second kappa shape index (κ2) is 6.84. The van der Waals surface area contributed by atoms with E-state index in [0.29, 0.717) is 30.6 Å². The quantitative estimate of drug-likeness (QED) is 0.463. The molecule has 0 atom stereocenters. The predicted octanol–water partition coefficient (Wildman–Crippen LogP) is 4.36. The topological polar surface area (TPSA) is 63.5 Å². The van der Waals surface area contributed by atoms with Crippen LogP contribution in [0.2, 0.25) is 0 Å². The molecule has 5 nitrogen and oxygen atoms in total. The van der Waals surface area contributed by atoms with Crippen LogP contribution in [0.1, 0.15) is 27.9 Å². The summed E-state index contributed by atoms with van der Waals surface area (Å²) in [6.07, 6.45) is 3.22. The fourth-order valence-electron chi connectivity index (χ4n) is 3.24. The molecule has 0 saturated heterocycles. The van der Waals surface area contributed by atoms with Crippen LogP contribution in [0.4, 0.5) is 15.8 Å². The molecular weight excluding hydrogens is 343 g/mol. The predicted molar refractivity (Wildman–Crippen MR) is 96.0 cm³/mol. The Labute approximate surface area is 149 Å². The van der Waals surface area contributed by atoms with Crippen molar-refractivity contribution in [2.75, 3.05) is 17.7 Å². The smallest absolute Gasteiger partial charge is 0.282 e. The van der Waals surface area contributed by atoms with Crippen LogP contribution in [0.15, 0.2) is 35.2 Å². The molecule has 0 aromatic heterocycles. The molecule has 0 N–H and O–H groups in total. The molecule has 0 radical (unpaired) electrons. The Morgan fingerprint density at radius 2 is 2.08 bits per heavy atom. The summed E-state index contributed by atoms with van der Waals surface area (Å²) < 4.78 is 13.7. The van der Waals surface area contributed by atoms with Crippen LogP contribution < -0.4 is 4.90 Å². The Morgan fingerprint density at radius 3 is 2.76 bits per heavy atom.